The predicted molar refractivity (Wildman–Crippen MR) is 104 cm³/mol. The molecule has 2 aliphatic heterocycles. The van der Waals surface area contributed by atoms with Crippen molar-refractivity contribution in [3.05, 3.63) is 48.5 Å². The molecule has 3 aromatic rings. The molecule has 1 atom stereocenters. The zero-order valence-corrected chi connectivity index (χ0v) is 16.2. The Morgan fingerprint density at radius 1 is 1.13 bits per heavy atom. The van der Waals surface area contributed by atoms with E-state index >= 15 is 0 Å². The molecule has 0 unspecified atom stereocenters. The van der Waals surface area contributed by atoms with Crippen LogP contribution in [0.1, 0.15) is 31.2 Å². The summed E-state index contributed by atoms with van der Waals surface area (Å²) in [6.07, 6.45) is 4.34. The van der Waals surface area contributed by atoms with E-state index in [1.54, 1.807) is 35.4 Å². The Morgan fingerprint density at radius 3 is 2.97 bits per heavy atom. The van der Waals surface area contributed by atoms with E-state index < -0.39 is 0 Å². The fraction of sp³-hybridized carbons (Fsp3) is 0.333. The maximum Gasteiger partial charge on any atom is 0.266 e. The molecular formula is C21H20N4O5. The Bertz CT molecular complexity index is 1040. The lowest BCUT2D eigenvalue weighted by atomic mass is 10.0. The second-order valence-corrected chi connectivity index (χ2v) is 7.06. The highest BCUT2D eigenvalue weighted by Gasteiger charge is 2.32. The van der Waals surface area contributed by atoms with E-state index in [1.165, 1.54) is 0 Å². The number of hydrogen-bond acceptors (Lipinski definition) is 8. The highest BCUT2D eigenvalue weighted by atomic mass is 16.7. The minimum Gasteiger partial charge on any atom is -0.484 e. The van der Waals surface area contributed by atoms with E-state index in [0.717, 1.165) is 19.3 Å². The van der Waals surface area contributed by atoms with Crippen LogP contribution in [0.3, 0.4) is 0 Å². The summed E-state index contributed by atoms with van der Waals surface area (Å²) >= 11 is 0. The van der Waals surface area contributed by atoms with Crippen molar-refractivity contribution in [3.63, 3.8) is 0 Å². The van der Waals surface area contributed by atoms with Crippen LogP contribution in [-0.2, 0) is 4.79 Å². The van der Waals surface area contributed by atoms with Crippen molar-refractivity contribution in [2.24, 2.45) is 0 Å². The summed E-state index contributed by atoms with van der Waals surface area (Å²) in [5, 5.41) is 8.29. The summed E-state index contributed by atoms with van der Waals surface area (Å²) in [6, 6.07) is 10.5. The maximum absolute atomic E-state index is 12.9. The first-order valence-corrected chi connectivity index (χ1v) is 9.85. The van der Waals surface area contributed by atoms with Crippen LogP contribution >= 0.6 is 0 Å². The molecule has 9 heteroatoms. The number of carbonyl (C=O) groups is 1. The number of fused-ring (bicyclic) bond motifs is 1. The summed E-state index contributed by atoms with van der Waals surface area (Å²) < 4.78 is 22.2. The van der Waals surface area contributed by atoms with Gasteiger partial charge in [-0.15, -0.1) is 10.2 Å². The molecule has 2 aliphatic rings. The van der Waals surface area contributed by atoms with Gasteiger partial charge in [0, 0.05) is 18.8 Å². The van der Waals surface area contributed by atoms with Crippen LogP contribution in [0.5, 0.6) is 17.2 Å². The summed E-state index contributed by atoms with van der Waals surface area (Å²) in [4.78, 5) is 18.9. The molecule has 0 aliphatic carbocycles. The molecule has 4 heterocycles. The molecule has 1 saturated heterocycles. The molecular weight excluding hydrogens is 388 g/mol. The van der Waals surface area contributed by atoms with Gasteiger partial charge < -0.3 is 23.5 Å². The van der Waals surface area contributed by atoms with Gasteiger partial charge >= 0.3 is 0 Å². The van der Waals surface area contributed by atoms with Crippen LogP contribution in [0.25, 0.3) is 11.6 Å². The first kappa shape index (κ1) is 18.4. The summed E-state index contributed by atoms with van der Waals surface area (Å²) in [7, 11) is 0. The van der Waals surface area contributed by atoms with E-state index in [0.29, 0.717) is 41.3 Å². The van der Waals surface area contributed by atoms with E-state index in [1.807, 2.05) is 12.1 Å². The molecule has 9 nitrogen and oxygen atoms in total. The van der Waals surface area contributed by atoms with Crippen LogP contribution < -0.4 is 14.2 Å². The van der Waals surface area contributed by atoms with Crippen molar-refractivity contribution in [2.45, 2.75) is 25.3 Å². The van der Waals surface area contributed by atoms with Gasteiger partial charge in [0.15, 0.2) is 18.1 Å². The van der Waals surface area contributed by atoms with Crippen LogP contribution in [0, 0.1) is 0 Å². The second-order valence-electron chi connectivity index (χ2n) is 7.06. The van der Waals surface area contributed by atoms with Crippen molar-refractivity contribution in [2.75, 3.05) is 19.9 Å². The van der Waals surface area contributed by atoms with Crippen molar-refractivity contribution in [3.8, 4) is 28.8 Å². The zero-order valence-electron chi connectivity index (χ0n) is 16.2. The molecule has 1 fully saturated rings. The number of likely N-dealkylation sites (tertiary alicyclic amines) is 1. The molecule has 0 N–H and O–H groups in total. The quantitative estimate of drug-likeness (QED) is 0.635. The van der Waals surface area contributed by atoms with Gasteiger partial charge in [-0.3, -0.25) is 9.78 Å². The van der Waals surface area contributed by atoms with Crippen LogP contribution in [-0.4, -0.2) is 45.9 Å². The number of aromatic nitrogens is 3. The number of amides is 1. The molecule has 2 aromatic heterocycles. The van der Waals surface area contributed by atoms with Gasteiger partial charge in [0.05, 0.1) is 0 Å². The first-order valence-electron chi connectivity index (χ1n) is 9.85. The average molecular weight is 408 g/mol. The summed E-state index contributed by atoms with van der Waals surface area (Å²) in [6.45, 7) is 0.727. The molecule has 1 aromatic carbocycles. The Labute approximate surface area is 172 Å². The maximum atomic E-state index is 12.9. The van der Waals surface area contributed by atoms with Gasteiger partial charge in [0.25, 0.3) is 11.8 Å². The second kappa shape index (κ2) is 8.02. The van der Waals surface area contributed by atoms with Gasteiger partial charge in [-0.25, -0.2) is 0 Å². The predicted octanol–water partition coefficient (Wildman–Crippen LogP) is 2.99. The molecule has 1 amide bonds. The van der Waals surface area contributed by atoms with Crippen LogP contribution in [0.4, 0.5) is 0 Å². The number of benzene rings is 1. The molecule has 5 rings (SSSR count). The highest BCUT2D eigenvalue weighted by Crippen LogP contribution is 2.35. The Morgan fingerprint density at radius 2 is 2.07 bits per heavy atom. The number of rotatable bonds is 5. The lowest BCUT2D eigenvalue weighted by Crippen LogP contribution is -2.41. The number of carbonyl (C=O) groups excluding carboxylic acids is 1. The first-order chi connectivity index (χ1) is 14.8. The number of nitrogens with zero attached hydrogens (tertiary/aromatic N) is 4. The Kier molecular flexibility index (Phi) is 4.92. The van der Waals surface area contributed by atoms with E-state index in [4.69, 9.17) is 18.6 Å². The van der Waals surface area contributed by atoms with Crippen LogP contribution in [0.2, 0.25) is 0 Å². The smallest absolute Gasteiger partial charge is 0.266 e. The average Bonchev–Trinajstić information content (AvgIpc) is 3.47. The minimum atomic E-state index is -0.267. The summed E-state index contributed by atoms with van der Waals surface area (Å²) in [5.41, 5.74) is 0.607. The van der Waals surface area contributed by atoms with Crippen molar-refractivity contribution < 1.29 is 23.4 Å². The minimum absolute atomic E-state index is 0.0859. The van der Waals surface area contributed by atoms with Gasteiger partial charge in [0.1, 0.15) is 17.5 Å². The number of ether oxygens (including phenoxy) is 3. The largest absolute Gasteiger partial charge is 0.484 e. The Balaban J connectivity index is 1.28. The van der Waals surface area contributed by atoms with Gasteiger partial charge in [-0.1, -0.05) is 6.07 Å². The zero-order chi connectivity index (χ0) is 20.3. The SMILES string of the molecule is O=C(COc1ccc2c(c1)OCO2)N1CCCC[C@@H]1c1nnc(-c2ccccn2)o1. The third-order valence-electron chi connectivity index (χ3n) is 5.14. The normalized spacial score (nSPS) is 17.7. The monoisotopic (exact) mass is 408 g/mol. The van der Waals surface area contributed by atoms with Crippen LogP contribution in [0.15, 0.2) is 47.0 Å². The van der Waals surface area contributed by atoms with Crippen molar-refractivity contribution in [1.29, 1.82) is 0 Å². The molecule has 30 heavy (non-hydrogen) atoms. The molecule has 0 saturated carbocycles. The third-order valence-corrected chi connectivity index (χ3v) is 5.14. The van der Waals surface area contributed by atoms with Gasteiger partial charge in [-0.05, 0) is 43.5 Å². The Hall–Kier alpha value is -3.62. The van der Waals surface area contributed by atoms with Crippen molar-refractivity contribution >= 4 is 5.91 Å². The topological polar surface area (TPSA) is 99.8 Å². The lowest BCUT2D eigenvalue weighted by molar-refractivity contribution is -0.137. The number of hydrogen-bond donors (Lipinski definition) is 0. The summed E-state index contributed by atoms with van der Waals surface area (Å²) in [5.74, 6) is 2.48. The highest BCUT2D eigenvalue weighted by molar-refractivity contribution is 5.78. The fourth-order valence-corrected chi connectivity index (χ4v) is 3.64. The number of pyridine rings is 1. The molecule has 0 spiro atoms. The van der Waals surface area contributed by atoms with E-state index in [-0.39, 0.29) is 25.3 Å². The van der Waals surface area contributed by atoms with Gasteiger partial charge in [-0.2, -0.15) is 0 Å². The standard InChI is InChI=1S/C21H20N4O5/c26-19(12-27-14-7-8-17-18(11-14)29-13-28-17)25-10-4-2-6-16(25)21-24-23-20(30-21)15-5-1-3-9-22-15/h1,3,5,7-9,11,16H,2,4,6,10,12-13H2/t16-/m1/s1. The molecule has 0 radical (unpaired) electrons. The van der Waals surface area contributed by atoms with E-state index in [2.05, 4.69) is 15.2 Å². The number of piperidine rings is 1. The van der Waals surface area contributed by atoms with Gasteiger partial charge in [0.2, 0.25) is 12.7 Å². The lowest BCUT2D eigenvalue weighted by Gasteiger charge is -2.33. The fourth-order valence-electron chi connectivity index (χ4n) is 3.64. The van der Waals surface area contributed by atoms with E-state index in [9.17, 15) is 4.79 Å². The molecule has 0 bridgehead atoms. The van der Waals surface area contributed by atoms with Crippen molar-refractivity contribution in [1.82, 2.24) is 20.1 Å². The third kappa shape index (κ3) is 3.66. The molecule has 154 valence electrons.